The average molecular weight is 703 g/mol. The van der Waals surface area contributed by atoms with E-state index >= 15 is 0 Å². The monoisotopic (exact) mass is 702 g/mol. The summed E-state index contributed by atoms with van der Waals surface area (Å²) < 4.78 is 2.39. The van der Waals surface area contributed by atoms with Crippen LogP contribution in [0.2, 0.25) is 0 Å². The van der Waals surface area contributed by atoms with Crippen LogP contribution < -0.4 is 4.90 Å². The Kier molecular flexibility index (Phi) is 6.93. The number of para-hydroxylation sites is 2. The van der Waals surface area contributed by atoms with E-state index in [1.807, 2.05) is 0 Å². The van der Waals surface area contributed by atoms with Crippen LogP contribution in [0.25, 0.3) is 71.3 Å². The lowest BCUT2D eigenvalue weighted by atomic mass is 9.82. The molecule has 0 saturated carbocycles. The van der Waals surface area contributed by atoms with Crippen molar-refractivity contribution in [3.63, 3.8) is 0 Å². The molecule has 0 radical (unpaired) electrons. The van der Waals surface area contributed by atoms with Crippen LogP contribution in [0.5, 0.6) is 0 Å². The molecule has 1 aromatic heterocycles. The fourth-order valence-electron chi connectivity index (χ4n) is 9.38. The van der Waals surface area contributed by atoms with Crippen LogP contribution in [0.1, 0.15) is 25.0 Å². The molecule has 0 aliphatic heterocycles. The standard InChI is InChI=1S/C53H38N2/c1-53(2)47-23-10-7-19-42(47)43-32-31-39(34-48(43)53)54(37-27-29-38(30-28-37)55-49-24-11-8-20-44(49)45-21-9-12-25-50(45)55)51-33-26-36-15-4-6-18-41(36)52(51)46-22-13-16-35-14-3-5-17-40(35)46/h3-34H,1-2H3. The van der Waals surface area contributed by atoms with Gasteiger partial charge in [-0.15, -0.1) is 0 Å². The second-order valence-electron chi connectivity index (χ2n) is 15.3. The molecular formula is C53H38N2. The lowest BCUT2D eigenvalue weighted by molar-refractivity contribution is 0.660. The van der Waals surface area contributed by atoms with Crippen molar-refractivity contribution >= 4 is 60.4 Å². The normalized spacial score (nSPS) is 13.1. The summed E-state index contributed by atoms with van der Waals surface area (Å²) in [6.45, 7) is 4.73. The van der Waals surface area contributed by atoms with E-state index in [1.54, 1.807) is 0 Å². The van der Waals surface area contributed by atoms with Crippen molar-refractivity contribution in [2.45, 2.75) is 19.3 Å². The fourth-order valence-corrected chi connectivity index (χ4v) is 9.38. The van der Waals surface area contributed by atoms with Crippen LogP contribution in [-0.4, -0.2) is 4.57 Å². The summed E-state index contributed by atoms with van der Waals surface area (Å²) in [5.74, 6) is 0. The highest BCUT2D eigenvalue weighted by Crippen LogP contribution is 2.52. The number of benzene rings is 9. The number of hydrogen-bond acceptors (Lipinski definition) is 1. The molecule has 0 spiro atoms. The average Bonchev–Trinajstić information content (AvgIpc) is 3.69. The van der Waals surface area contributed by atoms with Gasteiger partial charge in [0.2, 0.25) is 0 Å². The second kappa shape index (κ2) is 12.1. The Morgan fingerprint density at radius 1 is 0.400 bits per heavy atom. The van der Waals surface area contributed by atoms with Crippen LogP contribution in [-0.2, 0) is 5.41 Å². The van der Waals surface area contributed by atoms with E-state index in [0.29, 0.717) is 0 Å². The molecule has 0 amide bonds. The zero-order valence-electron chi connectivity index (χ0n) is 30.9. The van der Waals surface area contributed by atoms with Crippen molar-refractivity contribution in [3.8, 4) is 27.9 Å². The number of nitrogens with zero attached hydrogens (tertiary/aromatic N) is 2. The summed E-state index contributed by atoms with van der Waals surface area (Å²) in [6.07, 6.45) is 0. The van der Waals surface area contributed by atoms with Crippen LogP contribution in [0.15, 0.2) is 194 Å². The maximum atomic E-state index is 2.48. The number of anilines is 3. The Balaban J connectivity index is 1.17. The molecular weight excluding hydrogens is 665 g/mol. The summed E-state index contributed by atoms with van der Waals surface area (Å²) in [7, 11) is 0. The molecule has 260 valence electrons. The van der Waals surface area contributed by atoms with Gasteiger partial charge in [-0.1, -0.05) is 153 Å². The fraction of sp³-hybridized carbons (Fsp3) is 0.0566. The quantitative estimate of drug-likeness (QED) is 0.173. The first-order chi connectivity index (χ1) is 27.1. The lowest BCUT2D eigenvalue weighted by Gasteiger charge is -2.31. The van der Waals surface area contributed by atoms with Gasteiger partial charge in [-0.05, 0) is 104 Å². The van der Waals surface area contributed by atoms with Crippen molar-refractivity contribution < 1.29 is 0 Å². The predicted molar refractivity (Wildman–Crippen MR) is 233 cm³/mol. The molecule has 55 heavy (non-hydrogen) atoms. The van der Waals surface area contributed by atoms with Gasteiger partial charge < -0.3 is 9.47 Å². The van der Waals surface area contributed by atoms with Crippen LogP contribution in [0, 0.1) is 0 Å². The molecule has 11 rings (SSSR count). The molecule has 2 heteroatoms. The minimum Gasteiger partial charge on any atom is -0.310 e. The van der Waals surface area contributed by atoms with Gasteiger partial charge in [0.15, 0.2) is 0 Å². The first-order valence-electron chi connectivity index (χ1n) is 19.2. The maximum Gasteiger partial charge on any atom is 0.0546 e. The van der Waals surface area contributed by atoms with Gasteiger partial charge in [0.1, 0.15) is 0 Å². The summed E-state index contributed by atoms with van der Waals surface area (Å²) in [4.78, 5) is 2.48. The Morgan fingerprint density at radius 3 is 1.69 bits per heavy atom. The van der Waals surface area contributed by atoms with Crippen LogP contribution in [0.3, 0.4) is 0 Å². The zero-order chi connectivity index (χ0) is 36.7. The molecule has 0 fully saturated rings. The highest BCUT2D eigenvalue weighted by molar-refractivity contribution is 6.12. The summed E-state index contributed by atoms with van der Waals surface area (Å²) in [5, 5.41) is 7.47. The summed E-state index contributed by atoms with van der Waals surface area (Å²) in [6, 6.07) is 71.5. The van der Waals surface area contributed by atoms with Crippen molar-refractivity contribution in [3.05, 3.63) is 205 Å². The number of rotatable bonds is 5. The molecule has 9 aromatic carbocycles. The van der Waals surface area contributed by atoms with E-state index < -0.39 is 0 Å². The molecule has 0 N–H and O–H groups in total. The van der Waals surface area contributed by atoms with E-state index in [2.05, 4.69) is 217 Å². The zero-order valence-corrected chi connectivity index (χ0v) is 30.9. The molecule has 1 aliphatic carbocycles. The number of aromatic nitrogens is 1. The molecule has 1 heterocycles. The van der Waals surface area contributed by atoms with Gasteiger partial charge in [0, 0.05) is 38.8 Å². The Hall–Kier alpha value is -6.90. The third-order valence-electron chi connectivity index (χ3n) is 12.0. The second-order valence-corrected chi connectivity index (χ2v) is 15.3. The molecule has 10 aromatic rings. The highest BCUT2D eigenvalue weighted by atomic mass is 15.1. The Morgan fingerprint density at radius 2 is 0.945 bits per heavy atom. The number of fused-ring (bicyclic) bond motifs is 8. The lowest BCUT2D eigenvalue weighted by Crippen LogP contribution is -2.17. The van der Waals surface area contributed by atoms with Gasteiger partial charge in [-0.25, -0.2) is 0 Å². The van der Waals surface area contributed by atoms with E-state index in [0.717, 1.165) is 22.7 Å². The van der Waals surface area contributed by atoms with E-state index in [4.69, 9.17) is 0 Å². The smallest absolute Gasteiger partial charge is 0.0546 e. The van der Waals surface area contributed by atoms with Gasteiger partial charge in [-0.3, -0.25) is 0 Å². The van der Waals surface area contributed by atoms with Crippen molar-refractivity contribution in [1.29, 1.82) is 0 Å². The molecule has 0 unspecified atom stereocenters. The predicted octanol–water partition coefficient (Wildman–Crippen LogP) is 14.5. The first-order valence-corrected chi connectivity index (χ1v) is 19.2. The topological polar surface area (TPSA) is 8.17 Å². The highest BCUT2D eigenvalue weighted by Gasteiger charge is 2.36. The van der Waals surface area contributed by atoms with Crippen LogP contribution in [0.4, 0.5) is 17.1 Å². The largest absolute Gasteiger partial charge is 0.310 e. The van der Waals surface area contributed by atoms with Crippen molar-refractivity contribution in [2.75, 3.05) is 4.90 Å². The third kappa shape index (κ3) is 4.74. The van der Waals surface area contributed by atoms with Gasteiger partial charge in [-0.2, -0.15) is 0 Å². The van der Waals surface area contributed by atoms with Crippen molar-refractivity contribution in [2.24, 2.45) is 0 Å². The van der Waals surface area contributed by atoms with Crippen molar-refractivity contribution in [1.82, 2.24) is 4.57 Å². The maximum absolute atomic E-state index is 2.48. The van der Waals surface area contributed by atoms with E-state index in [9.17, 15) is 0 Å². The van der Waals surface area contributed by atoms with Gasteiger partial charge in [0.05, 0.1) is 16.7 Å². The summed E-state index contributed by atoms with van der Waals surface area (Å²) in [5.41, 5.74) is 14.7. The number of hydrogen-bond donors (Lipinski definition) is 0. The summed E-state index contributed by atoms with van der Waals surface area (Å²) >= 11 is 0. The molecule has 1 aliphatic rings. The van der Waals surface area contributed by atoms with E-state index in [1.165, 1.54) is 76.7 Å². The third-order valence-corrected chi connectivity index (χ3v) is 12.0. The molecule has 0 saturated heterocycles. The minimum atomic E-state index is -0.129. The van der Waals surface area contributed by atoms with Gasteiger partial charge >= 0.3 is 0 Å². The van der Waals surface area contributed by atoms with Gasteiger partial charge in [0.25, 0.3) is 0 Å². The van der Waals surface area contributed by atoms with Crippen LogP contribution >= 0.6 is 0 Å². The molecule has 0 atom stereocenters. The Labute approximate surface area is 321 Å². The first kappa shape index (κ1) is 31.6. The molecule has 2 nitrogen and oxygen atoms in total. The van der Waals surface area contributed by atoms with E-state index in [-0.39, 0.29) is 5.41 Å². The Bertz CT molecular complexity index is 3070. The SMILES string of the molecule is CC1(C)c2ccccc2-c2ccc(N(c3ccc(-n4c5ccccc5c5ccccc54)cc3)c3ccc4ccccc4c3-c3cccc4ccccc34)cc21. The minimum absolute atomic E-state index is 0.129. The molecule has 0 bridgehead atoms.